The van der Waals surface area contributed by atoms with Crippen molar-refractivity contribution in [3.05, 3.63) is 12.0 Å². The highest BCUT2D eigenvalue weighted by molar-refractivity contribution is 5.36. The number of hydrogen-bond donors (Lipinski definition) is 2. The van der Waals surface area contributed by atoms with Gasteiger partial charge in [-0.15, -0.1) is 0 Å². The maximum atomic E-state index is 12.7. The first-order valence-electron chi connectivity index (χ1n) is 4.61. The molecule has 0 spiro atoms. The number of nitrogens with one attached hydrogen (secondary N) is 1. The van der Waals surface area contributed by atoms with E-state index in [0.29, 0.717) is 11.4 Å². The van der Waals surface area contributed by atoms with Crippen molar-refractivity contribution in [2.24, 2.45) is 5.41 Å². The van der Waals surface area contributed by atoms with Gasteiger partial charge in [0, 0.05) is 6.54 Å². The highest BCUT2D eigenvalue weighted by atomic mass is 19.1. The van der Waals surface area contributed by atoms with Gasteiger partial charge in [-0.25, -0.2) is 9.37 Å². The third-order valence-corrected chi connectivity index (χ3v) is 2.55. The van der Waals surface area contributed by atoms with Crippen LogP contribution in [0.2, 0.25) is 0 Å². The second-order valence-electron chi connectivity index (χ2n) is 4.09. The second-order valence-corrected chi connectivity index (χ2v) is 4.09. The summed E-state index contributed by atoms with van der Waals surface area (Å²) in [6, 6.07) is 0. The van der Waals surface area contributed by atoms with E-state index in [0.717, 1.165) is 12.7 Å². The lowest BCUT2D eigenvalue weighted by atomic mass is 10.1. The van der Waals surface area contributed by atoms with Gasteiger partial charge in [-0.2, -0.15) is 4.98 Å². The number of hydrogen-bond acceptors (Lipinski definition) is 4. The van der Waals surface area contributed by atoms with Crippen LogP contribution in [0.4, 0.5) is 16.2 Å². The summed E-state index contributed by atoms with van der Waals surface area (Å²) >= 11 is 0. The van der Waals surface area contributed by atoms with E-state index in [1.807, 2.05) is 0 Å². The highest BCUT2D eigenvalue weighted by Gasteiger charge is 2.36. The first kappa shape index (κ1) is 9.18. The van der Waals surface area contributed by atoms with E-state index in [4.69, 9.17) is 5.73 Å². The summed E-state index contributed by atoms with van der Waals surface area (Å²) in [6.45, 7) is 3.00. The van der Waals surface area contributed by atoms with Crippen LogP contribution in [0.1, 0.15) is 19.8 Å². The van der Waals surface area contributed by atoms with E-state index in [-0.39, 0.29) is 5.82 Å². The standard InChI is InChI=1S/C9H13FN4/c1-9(2-3-9)5-13-8-12-4-6(10)7(11)14-8/h4H,2-3,5H2,1H3,(H3,11,12,13,14). The molecule has 3 N–H and O–H groups in total. The van der Waals surface area contributed by atoms with Crippen LogP contribution < -0.4 is 11.1 Å². The molecule has 4 nitrogen and oxygen atoms in total. The van der Waals surface area contributed by atoms with Gasteiger partial charge >= 0.3 is 0 Å². The van der Waals surface area contributed by atoms with Gasteiger partial charge in [0.05, 0.1) is 6.20 Å². The summed E-state index contributed by atoms with van der Waals surface area (Å²) in [7, 11) is 0. The fourth-order valence-corrected chi connectivity index (χ4v) is 1.15. The Morgan fingerprint density at radius 1 is 1.64 bits per heavy atom. The fraction of sp³-hybridized carbons (Fsp3) is 0.556. The van der Waals surface area contributed by atoms with Crippen LogP contribution in [-0.4, -0.2) is 16.5 Å². The molecule has 1 heterocycles. The Balaban J connectivity index is 1.99. The first-order chi connectivity index (χ1) is 6.59. The Morgan fingerprint density at radius 2 is 2.36 bits per heavy atom. The quantitative estimate of drug-likeness (QED) is 0.767. The van der Waals surface area contributed by atoms with E-state index in [1.165, 1.54) is 12.8 Å². The van der Waals surface area contributed by atoms with E-state index in [2.05, 4.69) is 22.2 Å². The van der Waals surface area contributed by atoms with Gasteiger partial charge in [0.1, 0.15) is 0 Å². The molecule has 0 aliphatic heterocycles. The molecule has 14 heavy (non-hydrogen) atoms. The predicted molar refractivity (Wildman–Crippen MR) is 52.2 cm³/mol. The van der Waals surface area contributed by atoms with Gasteiger partial charge in [-0.05, 0) is 18.3 Å². The third kappa shape index (κ3) is 1.92. The lowest BCUT2D eigenvalue weighted by Crippen LogP contribution is -2.14. The van der Waals surface area contributed by atoms with Crippen molar-refractivity contribution in [1.29, 1.82) is 0 Å². The molecule has 0 bridgehead atoms. The molecule has 1 aliphatic carbocycles. The van der Waals surface area contributed by atoms with Gasteiger partial charge in [0.2, 0.25) is 5.95 Å². The van der Waals surface area contributed by atoms with Crippen molar-refractivity contribution in [1.82, 2.24) is 9.97 Å². The van der Waals surface area contributed by atoms with Gasteiger partial charge < -0.3 is 11.1 Å². The molecule has 0 atom stereocenters. The molecule has 0 saturated heterocycles. The van der Waals surface area contributed by atoms with Crippen LogP contribution in [0.3, 0.4) is 0 Å². The zero-order valence-corrected chi connectivity index (χ0v) is 8.05. The van der Waals surface area contributed by atoms with Crippen LogP contribution >= 0.6 is 0 Å². The van der Waals surface area contributed by atoms with E-state index in [9.17, 15) is 4.39 Å². The lowest BCUT2D eigenvalue weighted by molar-refractivity contribution is 0.602. The van der Waals surface area contributed by atoms with Gasteiger partial charge in [0.25, 0.3) is 0 Å². The average Bonchev–Trinajstić information content (AvgIpc) is 2.87. The van der Waals surface area contributed by atoms with Crippen molar-refractivity contribution >= 4 is 11.8 Å². The summed E-state index contributed by atoms with van der Waals surface area (Å²) in [5.74, 6) is -0.284. The minimum atomic E-state index is -0.576. The molecule has 0 unspecified atom stereocenters. The summed E-state index contributed by atoms with van der Waals surface area (Å²) in [5.41, 5.74) is 5.68. The van der Waals surface area contributed by atoms with E-state index >= 15 is 0 Å². The summed E-state index contributed by atoms with van der Waals surface area (Å²) in [4.78, 5) is 7.58. The van der Waals surface area contributed by atoms with Crippen molar-refractivity contribution in [3.63, 3.8) is 0 Å². The molecule has 2 rings (SSSR count). The Kier molecular flexibility index (Phi) is 2.02. The number of nitrogens with zero attached hydrogens (tertiary/aromatic N) is 2. The minimum Gasteiger partial charge on any atom is -0.381 e. The topological polar surface area (TPSA) is 63.8 Å². The Bertz CT molecular complexity index is 349. The van der Waals surface area contributed by atoms with Gasteiger partial charge in [0.15, 0.2) is 11.6 Å². The maximum absolute atomic E-state index is 12.7. The van der Waals surface area contributed by atoms with Crippen molar-refractivity contribution in [3.8, 4) is 0 Å². The molecule has 0 amide bonds. The number of nitrogens with two attached hydrogens (primary N) is 1. The Hall–Kier alpha value is -1.39. The fourth-order valence-electron chi connectivity index (χ4n) is 1.15. The van der Waals surface area contributed by atoms with E-state index in [1.54, 1.807) is 0 Å². The molecule has 5 heteroatoms. The minimum absolute atomic E-state index is 0.108. The number of halogens is 1. The molecular formula is C9H13FN4. The zero-order chi connectivity index (χ0) is 10.2. The Morgan fingerprint density at radius 3 is 2.93 bits per heavy atom. The van der Waals surface area contributed by atoms with Gasteiger partial charge in [-0.1, -0.05) is 6.92 Å². The van der Waals surface area contributed by atoms with Crippen molar-refractivity contribution in [2.75, 3.05) is 17.6 Å². The molecule has 0 aromatic carbocycles. The molecule has 1 aliphatic rings. The Labute approximate surface area is 81.7 Å². The largest absolute Gasteiger partial charge is 0.381 e. The van der Waals surface area contributed by atoms with Gasteiger partial charge in [-0.3, -0.25) is 0 Å². The van der Waals surface area contributed by atoms with Crippen molar-refractivity contribution < 1.29 is 4.39 Å². The van der Waals surface area contributed by atoms with Crippen LogP contribution in [0.5, 0.6) is 0 Å². The summed E-state index contributed by atoms with van der Waals surface area (Å²) in [5, 5.41) is 3.05. The SMILES string of the molecule is CC1(CNc2ncc(F)c(N)n2)CC1. The number of rotatable bonds is 3. The predicted octanol–water partition coefficient (Wildman–Crippen LogP) is 1.41. The second kappa shape index (κ2) is 3.08. The molecule has 1 aromatic heterocycles. The molecule has 1 fully saturated rings. The smallest absolute Gasteiger partial charge is 0.224 e. The number of nitrogen functional groups attached to an aromatic ring is 1. The lowest BCUT2D eigenvalue weighted by Gasteiger charge is -2.09. The summed E-state index contributed by atoms with van der Waals surface area (Å²) < 4.78 is 12.7. The zero-order valence-electron chi connectivity index (χ0n) is 8.05. The van der Waals surface area contributed by atoms with Crippen LogP contribution in [-0.2, 0) is 0 Å². The normalized spacial score (nSPS) is 17.9. The molecule has 76 valence electrons. The average molecular weight is 196 g/mol. The molecular weight excluding hydrogens is 183 g/mol. The molecule has 0 radical (unpaired) electrons. The molecule has 1 aromatic rings. The monoisotopic (exact) mass is 196 g/mol. The number of aromatic nitrogens is 2. The van der Waals surface area contributed by atoms with Crippen molar-refractivity contribution in [2.45, 2.75) is 19.8 Å². The third-order valence-electron chi connectivity index (χ3n) is 2.55. The molecule has 1 saturated carbocycles. The first-order valence-corrected chi connectivity index (χ1v) is 4.61. The van der Waals surface area contributed by atoms with E-state index < -0.39 is 5.82 Å². The van der Waals surface area contributed by atoms with Crippen LogP contribution in [0.15, 0.2) is 6.20 Å². The highest BCUT2D eigenvalue weighted by Crippen LogP contribution is 2.44. The van der Waals surface area contributed by atoms with Crippen LogP contribution in [0, 0.1) is 11.2 Å². The number of anilines is 2. The summed E-state index contributed by atoms with van der Waals surface area (Å²) in [6.07, 6.45) is 3.52. The maximum Gasteiger partial charge on any atom is 0.224 e. The van der Waals surface area contributed by atoms with Crippen LogP contribution in [0.25, 0.3) is 0 Å².